The lowest BCUT2D eigenvalue weighted by Gasteiger charge is -2.11. The minimum absolute atomic E-state index is 0.0124. The molecule has 2 rings (SSSR count). The third kappa shape index (κ3) is 5.23. The highest BCUT2D eigenvalue weighted by Gasteiger charge is 2.33. The molecular weight excluding hydrogens is 332 g/mol. The molecule has 1 aliphatic heterocycles. The molecule has 0 aliphatic carbocycles. The van der Waals surface area contributed by atoms with Gasteiger partial charge in [-0.05, 0) is 37.1 Å². The second-order valence-electron chi connectivity index (χ2n) is 5.77. The Kier molecular flexibility index (Phi) is 6.19. The summed E-state index contributed by atoms with van der Waals surface area (Å²) >= 11 is 0. The van der Waals surface area contributed by atoms with Crippen molar-refractivity contribution < 1.29 is 22.7 Å². The summed E-state index contributed by atoms with van der Waals surface area (Å²) in [5.74, 6) is -1.03. The third-order valence-electron chi connectivity index (χ3n) is 3.79. The first-order valence-electron chi connectivity index (χ1n) is 7.95. The number of sulfone groups is 1. The van der Waals surface area contributed by atoms with Crippen LogP contribution in [0.4, 0.5) is 0 Å². The van der Waals surface area contributed by atoms with Crippen molar-refractivity contribution in [1.29, 1.82) is 0 Å². The van der Waals surface area contributed by atoms with Crippen LogP contribution in [-0.4, -0.2) is 38.3 Å². The number of carbonyl (C=O) groups is 2. The first-order valence-corrected chi connectivity index (χ1v) is 9.77. The largest absolute Gasteiger partial charge is 0.494 e. The molecule has 0 saturated carbocycles. The van der Waals surface area contributed by atoms with E-state index in [1.807, 2.05) is 0 Å². The second-order valence-corrected chi connectivity index (χ2v) is 8.00. The summed E-state index contributed by atoms with van der Waals surface area (Å²) in [6, 6.07) is 6.58. The molecule has 7 nitrogen and oxygen atoms in total. The number of ether oxygens (including phenoxy) is 1. The monoisotopic (exact) mass is 354 g/mol. The Hall–Kier alpha value is -2.09. The first-order chi connectivity index (χ1) is 11.4. The van der Waals surface area contributed by atoms with Gasteiger partial charge in [0.2, 0.25) is 5.91 Å². The summed E-state index contributed by atoms with van der Waals surface area (Å²) < 4.78 is 28.2. The summed E-state index contributed by atoms with van der Waals surface area (Å²) in [5.41, 5.74) is 4.96. The molecule has 1 heterocycles. The zero-order valence-electron chi connectivity index (χ0n) is 13.6. The summed E-state index contributed by atoms with van der Waals surface area (Å²) in [4.78, 5) is 23.8. The number of carbonyl (C=O) groups excluding carboxylic acids is 2. The molecule has 2 amide bonds. The van der Waals surface area contributed by atoms with Crippen LogP contribution in [0.2, 0.25) is 0 Å². The van der Waals surface area contributed by atoms with Crippen LogP contribution in [0.3, 0.4) is 0 Å². The van der Waals surface area contributed by atoms with E-state index in [9.17, 15) is 18.0 Å². The summed E-state index contributed by atoms with van der Waals surface area (Å²) in [5, 5.41) is 0. The fourth-order valence-corrected chi connectivity index (χ4v) is 4.07. The molecule has 8 heteroatoms. The molecule has 1 aromatic rings. The number of hydrazine groups is 1. The van der Waals surface area contributed by atoms with E-state index in [4.69, 9.17) is 4.74 Å². The van der Waals surface area contributed by atoms with Crippen LogP contribution in [0, 0.1) is 5.92 Å². The average Bonchev–Trinajstić information content (AvgIpc) is 2.93. The number of nitrogens with one attached hydrogen (secondary N) is 2. The smallest absolute Gasteiger partial charge is 0.269 e. The number of amides is 2. The molecule has 1 saturated heterocycles. The lowest BCUT2D eigenvalue weighted by molar-refractivity contribution is -0.125. The predicted octanol–water partition coefficient (Wildman–Crippen LogP) is 1.06. The molecular formula is C16H22N2O5S. The van der Waals surface area contributed by atoms with Gasteiger partial charge in [-0.15, -0.1) is 0 Å². The van der Waals surface area contributed by atoms with Gasteiger partial charge in [-0.3, -0.25) is 20.4 Å². The maximum absolute atomic E-state index is 12.0. The Bertz CT molecular complexity index is 685. The topological polar surface area (TPSA) is 102 Å². The van der Waals surface area contributed by atoms with Gasteiger partial charge >= 0.3 is 0 Å². The quantitative estimate of drug-likeness (QED) is 0.587. The zero-order chi connectivity index (χ0) is 17.6. The van der Waals surface area contributed by atoms with Crippen molar-refractivity contribution in [2.24, 2.45) is 5.92 Å². The van der Waals surface area contributed by atoms with Crippen LogP contribution >= 0.6 is 0 Å². The van der Waals surface area contributed by atoms with Crippen LogP contribution in [0.5, 0.6) is 5.75 Å². The predicted molar refractivity (Wildman–Crippen MR) is 89.2 cm³/mol. The maximum Gasteiger partial charge on any atom is 0.269 e. The fourth-order valence-electron chi connectivity index (χ4n) is 2.33. The Labute approximate surface area is 141 Å². The summed E-state index contributed by atoms with van der Waals surface area (Å²) in [7, 11) is -3.13. The lowest BCUT2D eigenvalue weighted by Crippen LogP contribution is -2.44. The third-order valence-corrected chi connectivity index (χ3v) is 5.55. The number of rotatable bonds is 6. The second kappa shape index (κ2) is 8.14. The highest BCUT2D eigenvalue weighted by atomic mass is 32.2. The van der Waals surface area contributed by atoms with Crippen molar-refractivity contribution in [3.8, 4) is 5.75 Å². The van der Waals surface area contributed by atoms with E-state index in [1.165, 1.54) is 0 Å². The Morgan fingerprint density at radius 1 is 1.21 bits per heavy atom. The van der Waals surface area contributed by atoms with E-state index in [2.05, 4.69) is 17.8 Å². The Balaban J connectivity index is 1.81. The van der Waals surface area contributed by atoms with Crippen molar-refractivity contribution in [2.45, 2.75) is 26.2 Å². The molecule has 0 aromatic heterocycles. The normalized spacial score (nSPS) is 18.8. The van der Waals surface area contributed by atoms with Gasteiger partial charge in [0.1, 0.15) is 5.75 Å². The number of unbranched alkanes of at least 4 members (excludes halogenated alkanes) is 1. The summed E-state index contributed by atoms with van der Waals surface area (Å²) in [6.45, 7) is 2.70. The van der Waals surface area contributed by atoms with E-state index in [1.54, 1.807) is 24.3 Å². The van der Waals surface area contributed by atoms with Crippen molar-refractivity contribution >= 4 is 21.7 Å². The standard InChI is InChI=1S/C16H22N2O5S/c1-2-3-9-23-14-6-4-12(5-7-14)15(19)17-18-16(20)13-8-10-24(21,22)11-13/h4-7,13H,2-3,8-11H2,1H3,(H,17,19)(H,18,20)/t13-/m1/s1. The van der Waals surface area contributed by atoms with Crippen LogP contribution in [0.1, 0.15) is 36.5 Å². The molecule has 1 atom stereocenters. The van der Waals surface area contributed by atoms with Gasteiger partial charge in [0.15, 0.2) is 9.84 Å². The van der Waals surface area contributed by atoms with Crippen molar-refractivity contribution in [1.82, 2.24) is 10.9 Å². The van der Waals surface area contributed by atoms with Crippen LogP contribution in [0.25, 0.3) is 0 Å². The minimum Gasteiger partial charge on any atom is -0.494 e. The summed E-state index contributed by atoms with van der Waals surface area (Å²) in [6.07, 6.45) is 2.29. The highest BCUT2D eigenvalue weighted by molar-refractivity contribution is 7.91. The molecule has 24 heavy (non-hydrogen) atoms. The molecule has 0 unspecified atom stereocenters. The van der Waals surface area contributed by atoms with E-state index in [0.29, 0.717) is 17.9 Å². The molecule has 1 aromatic carbocycles. The van der Waals surface area contributed by atoms with E-state index < -0.39 is 27.6 Å². The van der Waals surface area contributed by atoms with Gasteiger partial charge < -0.3 is 4.74 Å². The van der Waals surface area contributed by atoms with Gasteiger partial charge in [0.25, 0.3) is 5.91 Å². The SMILES string of the molecule is CCCCOc1ccc(C(=O)NNC(=O)[C@@H]2CCS(=O)(=O)C2)cc1. The number of benzene rings is 1. The molecule has 0 spiro atoms. The van der Waals surface area contributed by atoms with Gasteiger partial charge in [0.05, 0.1) is 24.0 Å². The highest BCUT2D eigenvalue weighted by Crippen LogP contribution is 2.18. The van der Waals surface area contributed by atoms with E-state index >= 15 is 0 Å². The van der Waals surface area contributed by atoms with Gasteiger partial charge in [-0.25, -0.2) is 8.42 Å². The van der Waals surface area contributed by atoms with Crippen LogP contribution in [0.15, 0.2) is 24.3 Å². The van der Waals surface area contributed by atoms with Gasteiger partial charge in [-0.2, -0.15) is 0 Å². The fraction of sp³-hybridized carbons (Fsp3) is 0.500. The molecule has 2 N–H and O–H groups in total. The van der Waals surface area contributed by atoms with Crippen LogP contribution < -0.4 is 15.6 Å². The number of hydrogen-bond donors (Lipinski definition) is 2. The first kappa shape index (κ1) is 18.3. The van der Waals surface area contributed by atoms with Crippen LogP contribution in [-0.2, 0) is 14.6 Å². The maximum atomic E-state index is 12.0. The van der Waals surface area contributed by atoms with Crippen molar-refractivity contribution in [3.05, 3.63) is 29.8 Å². The van der Waals surface area contributed by atoms with Crippen molar-refractivity contribution in [2.75, 3.05) is 18.1 Å². The molecule has 132 valence electrons. The molecule has 0 bridgehead atoms. The van der Waals surface area contributed by atoms with Crippen molar-refractivity contribution in [3.63, 3.8) is 0 Å². The minimum atomic E-state index is -3.13. The number of hydrogen-bond acceptors (Lipinski definition) is 5. The van der Waals surface area contributed by atoms with E-state index in [-0.39, 0.29) is 17.9 Å². The van der Waals surface area contributed by atoms with Gasteiger partial charge in [0, 0.05) is 5.56 Å². The molecule has 1 fully saturated rings. The lowest BCUT2D eigenvalue weighted by atomic mass is 10.1. The Morgan fingerprint density at radius 2 is 1.92 bits per heavy atom. The molecule has 0 radical (unpaired) electrons. The molecule has 1 aliphatic rings. The van der Waals surface area contributed by atoms with E-state index in [0.717, 1.165) is 12.8 Å². The zero-order valence-corrected chi connectivity index (χ0v) is 14.4. The van der Waals surface area contributed by atoms with Gasteiger partial charge in [-0.1, -0.05) is 13.3 Å². The average molecular weight is 354 g/mol. The Morgan fingerprint density at radius 3 is 2.50 bits per heavy atom.